The Balaban J connectivity index is 1.21. The molecule has 0 aromatic heterocycles. The van der Waals surface area contributed by atoms with Gasteiger partial charge < -0.3 is 35.8 Å². The number of amides is 6. The number of hydrogen-bond acceptors (Lipinski definition) is 8. The van der Waals surface area contributed by atoms with Crippen LogP contribution in [0.1, 0.15) is 86.6 Å². The van der Waals surface area contributed by atoms with Crippen LogP contribution in [0, 0.1) is 5.92 Å². The van der Waals surface area contributed by atoms with Crippen molar-refractivity contribution >= 4 is 41.2 Å². The number of benzene rings is 3. The summed E-state index contributed by atoms with van der Waals surface area (Å²) in [4.78, 5) is 98.2. The summed E-state index contributed by atoms with van der Waals surface area (Å²) in [5.41, 5.74) is 3.11. The van der Waals surface area contributed by atoms with E-state index in [1.54, 1.807) is 51.4 Å². The van der Waals surface area contributed by atoms with Crippen LogP contribution in [0.25, 0.3) is 0 Å². The van der Waals surface area contributed by atoms with Crippen molar-refractivity contribution in [2.75, 3.05) is 20.6 Å². The monoisotopic (exact) mass is 806 g/mol. The number of hydrogen-bond donors (Lipinski definition) is 4. The molecule has 1 aliphatic carbocycles. The first-order chi connectivity index (χ1) is 28.4. The predicted octanol–water partition coefficient (Wildman–Crippen LogP) is 3.66. The van der Waals surface area contributed by atoms with Crippen molar-refractivity contribution < 1.29 is 38.3 Å². The highest BCUT2D eigenvalue weighted by Crippen LogP contribution is 2.33. The fraction of sp³-hybridized carbons (Fsp3) is 0.444. The summed E-state index contributed by atoms with van der Waals surface area (Å²) in [6.07, 6.45) is 5.75. The SMILES string of the molecule is CCCC(NC(=O)[C@@H]1Cc2ccc3cc2CN1C(=O)[C@H](C1CCCCC1)NC(=O)CCc1ccc(cc1)O3)C(=O)C(=O)NCC(=O)N[C@H](C(=O)N(C)C)c1ccccc1. The van der Waals surface area contributed by atoms with E-state index < -0.39 is 54.2 Å². The minimum Gasteiger partial charge on any atom is -0.457 e. The topological polar surface area (TPSA) is 183 Å². The zero-order valence-electron chi connectivity index (χ0n) is 34.0. The zero-order valence-corrected chi connectivity index (χ0v) is 34.0. The van der Waals surface area contributed by atoms with Crippen molar-refractivity contribution in [3.63, 3.8) is 0 Å². The van der Waals surface area contributed by atoms with Gasteiger partial charge in [0.1, 0.15) is 29.6 Å². The third-order valence-electron chi connectivity index (χ3n) is 11.4. The first-order valence-electron chi connectivity index (χ1n) is 20.6. The lowest BCUT2D eigenvalue weighted by Crippen LogP contribution is -2.61. The Kier molecular flexibility index (Phi) is 14.1. The molecule has 59 heavy (non-hydrogen) atoms. The molecular formula is C45H54N6O8. The van der Waals surface area contributed by atoms with E-state index in [1.165, 1.54) is 9.80 Å². The van der Waals surface area contributed by atoms with Gasteiger partial charge in [0.25, 0.3) is 5.91 Å². The lowest BCUT2D eigenvalue weighted by Gasteiger charge is -2.40. The molecule has 3 aromatic rings. The van der Waals surface area contributed by atoms with Crippen LogP contribution >= 0.6 is 0 Å². The number of nitrogens with zero attached hydrogens (tertiary/aromatic N) is 2. The maximum atomic E-state index is 14.8. The van der Waals surface area contributed by atoms with Gasteiger partial charge in [0.15, 0.2) is 0 Å². The number of aryl methyl sites for hydroxylation is 1. The summed E-state index contributed by atoms with van der Waals surface area (Å²) in [6.45, 7) is 1.28. The first kappa shape index (κ1) is 42.6. The Hall–Kier alpha value is -6.05. The molecule has 0 radical (unpaired) electrons. The maximum Gasteiger partial charge on any atom is 0.290 e. The van der Waals surface area contributed by atoms with E-state index in [0.29, 0.717) is 29.9 Å². The Labute approximate surface area is 344 Å². The predicted molar refractivity (Wildman–Crippen MR) is 219 cm³/mol. The van der Waals surface area contributed by atoms with Crippen molar-refractivity contribution in [2.24, 2.45) is 5.92 Å². The standard InChI is InChI=1S/C45H54N6O8/c1-4-11-35(41(54)43(56)46-26-38(53)49-39(44(57)50(2)3)29-12-7-5-8-13-29)47-42(55)36-25-31-19-22-34-24-32(31)27-51(36)45(58)40(30-14-9-6-10-15-30)48-37(52)23-18-28-16-20-33(59-34)21-17-28/h5,7-8,12-13,16-17,19-22,24,30,35-36,39-40H,4,6,9-11,14-15,18,23,25-27H2,1-3H3,(H,46,56)(H,47,55)(H,48,52)(H,49,53)/t35?,36-,39-,40-/m0/s1. The maximum absolute atomic E-state index is 14.8. The van der Waals surface area contributed by atoms with Crippen molar-refractivity contribution in [2.45, 2.75) is 102 Å². The van der Waals surface area contributed by atoms with E-state index in [4.69, 9.17) is 4.74 Å². The Morgan fingerprint density at radius 1 is 0.864 bits per heavy atom. The minimum atomic E-state index is -1.25. The van der Waals surface area contributed by atoms with Crippen molar-refractivity contribution in [1.29, 1.82) is 0 Å². The average Bonchev–Trinajstić information content (AvgIpc) is 3.25. The normalized spacial score (nSPS) is 19.1. The van der Waals surface area contributed by atoms with Gasteiger partial charge in [-0.1, -0.05) is 81.1 Å². The number of Topliss-reactive ketones (excluding diaryl/α,β-unsaturated/α-hetero) is 1. The number of carbonyl (C=O) groups excluding carboxylic acids is 7. The van der Waals surface area contributed by atoms with Gasteiger partial charge in [0.05, 0.1) is 12.6 Å². The highest BCUT2D eigenvalue weighted by atomic mass is 16.5. The number of ether oxygens (including phenoxy) is 1. The third kappa shape index (κ3) is 10.7. The van der Waals surface area contributed by atoms with Crippen molar-refractivity contribution in [1.82, 2.24) is 31.1 Å². The van der Waals surface area contributed by atoms with E-state index >= 15 is 0 Å². The minimum absolute atomic E-state index is 0.0593. The molecule has 3 aromatic carbocycles. The van der Waals surface area contributed by atoms with Crippen LogP contribution in [0.4, 0.5) is 0 Å². The van der Waals surface area contributed by atoms with E-state index in [-0.39, 0.29) is 49.4 Å². The fourth-order valence-corrected chi connectivity index (χ4v) is 8.12. The van der Waals surface area contributed by atoms with Crippen molar-refractivity contribution in [3.8, 4) is 11.5 Å². The average molecular weight is 807 g/mol. The van der Waals surface area contributed by atoms with Gasteiger partial charge in [-0.05, 0) is 78.1 Å². The molecule has 1 unspecified atom stereocenters. The molecule has 1 saturated carbocycles. The molecule has 14 nitrogen and oxygen atoms in total. The second-order valence-electron chi connectivity index (χ2n) is 15.8. The van der Waals surface area contributed by atoms with Crippen LogP contribution in [-0.4, -0.2) is 89.8 Å². The van der Waals surface area contributed by atoms with Crippen molar-refractivity contribution in [3.05, 3.63) is 95.1 Å². The lowest BCUT2D eigenvalue weighted by molar-refractivity contribution is -0.147. The number of fused-ring (bicyclic) bond motifs is 7. The van der Waals surface area contributed by atoms with Gasteiger partial charge in [-0.25, -0.2) is 0 Å². The van der Waals surface area contributed by atoms with Crippen LogP contribution in [0.2, 0.25) is 0 Å². The van der Waals surface area contributed by atoms with E-state index in [2.05, 4.69) is 21.3 Å². The van der Waals surface area contributed by atoms with Crippen LogP contribution in [0.15, 0.2) is 72.8 Å². The summed E-state index contributed by atoms with van der Waals surface area (Å²) >= 11 is 0. The summed E-state index contributed by atoms with van der Waals surface area (Å²) in [5.74, 6) is -3.26. The molecule has 14 heteroatoms. The molecule has 4 N–H and O–H groups in total. The fourth-order valence-electron chi connectivity index (χ4n) is 8.12. The lowest BCUT2D eigenvalue weighted by atomic mass is 9.82. The molecule has 312 valence electrons. The van der Waals surface area contributed by atoms with Crippen LogP contribution in [0.3, 0.4) is 0 Å². The first-order valence-corrected chi connectivity index (χ1v) is 20.6. The molecular weight excluding hydrogens is 753 g/mol. The number of ketones is 1. The second-order valence-corrected chi connectivity index (χ2v) is 15.8. The summed E-state index contributed by atoms with van der Waals surface area (Å²) < 4.78 is 6.17. The van der Waals surface area contributed by atoms with Crippen LogP contribution < -0.4 is 26.0 Å². The summed E-state index contributed by atoms with van der Waals surface area (Å²) in [7, 11) is 3.13. The number of rotatable bonds is 12. The number of carbonyl (C=O) groups is 7. The highest BCUT2D eigenvalue weighted by molar-refractivity contribution is 6.38. The Morgan fingerprint density at radius 3 is 2.27 bits per heavy atom. The van der Waals surface area contributed by atoms with E-state index in [9.17, 15) is 33.6 Å². The van der Waals surface area contributed by atoms with Crippen LogP contribution in [-0.2, 0) is 52.9 Å². The van der Waals surface area contributed by atoms with Gasteiger partial charge in [-0.2, -0.15) is 0 Å². The molecule has 4 atom stereocenters. The Morgan fingerprint density at radius 2 is 1.58 bits per heavy atom. The highest BCUT2D eigenvalue weighted by Gasteiger charge is 2.42. The molecule has 6 amide bonds. The molecule has 5 bridgehead atoms. The van der Waals surface area contributed by atoms with Gasteiger partial charge in [-0.15, -0.1) is 0 Å². The molecule has 3 aliphatic heterocycles. The molecule has 7 rings (SSSR count). The quantitative estimate of drug-likeness (QED) is 0.200. The molecule has 0 saturated heterocycles. The van der Waals surface area contributed by atoms with Gasteiger partial charge in [-0.3, -0.25) is 33.6 Å². The van der Waals surface area contributed by atoms with E-state index in [1.807, 2.05) is 42.5 Å². The van der Waals surface area contributed by atoms with Gasteiger partial charge in [0, 0.05) is 33.5 Å². The van der Waals surface area contributed by atoms with Gasteiger partial charge >= 0.3 is 0 Å². The third-order valence-corrected chi connectivity index (χ3v) is 11.4. The zero-order chi connectivity index (χ0) is 42.1. The van der Waals surface area contributed by atoms with Crippen LogP contribution in [0.5, 0.6) is 11.5 Å². The second kappa shape index (κ2) is 19.6. The van der Waals surface area contributed by atoms with Gasteiger partial charge in [0.2, 0.25) is 35.3 Å². The molecule has 3 heterocycles. The molecule has 0 spiro atoms. The van der Waals surface area contributed by atoms with E-state index in [0.717, 1.165) is 48.8 Å². The molecule has 1 fully saturated rings. The smallest absolute Gasteiger partial charge is 0.290 e. The number of nitrogens with one attached hydrogen (secondary N) is 4. The number of likely N-dealkylation sites (N-methyl/N-ethyl adjacent to an activating group) is 1. The summed E-state index contributed by atoms with van der Waals surface area (Å²) in [5, 5.41) is 10.8. The summed E-state index contributed by atoms with van der Waals surface area (Å²) in [6, 6.07) is 17.6. The molecule has 4 aliphatic rings. The Bertz CT molecular complexity index is 2030. The largest absolute Gasteiger partial charge is 0.457 e.